The summed E-state index contributed by atoms with van der Waals surface area (Å²) < 4.78 is 5.88. The van der Waals surface area contributed by atoms with Crippen molar-refractivity contribution in [3.63, 3.8) is 0 Å². The van der Waals surface area contributed by atoms with Gasteiger partial charge < -0.3 is 15.4 Å². The van der Waals surface area contributed by atoms with E-state index in [1.54, 1.807) is 24.3 Å². The molecule has 0 atom stereocenters. The minimum atomic E-state index is -0.631. The third-order valence-electron chi connectivity index (χ3n) is 3.85. The average Bonchev–Trinajstić information content (AvgIpc) is 2.64. The van der Waals surface area contributed by atoms with E-state index in [0.717, 1.165) is 15.6 Å². The van der Waals surface area contributed by atoms with Crippen molar-refractivity contribution in [2.24, 2.45) is 0 Å². The van der Waals surface area contributed by atoms with Crippen LogP contribution in [0.1, 0.15) is 24.0 Å². The Labute approximate surface area is 176 Å². The molecule has 2 aromatic carbocycles. The molecule has 148 valence electrons. The minimum absolute atomic E-state index is 0.0727. The van der Waals surface area contributed by atoms with Gasteiger partial charge in [0.05, 0.1) is 17.1 Å². The predicted molar refractivity (Wildman–Crippen MR) is 113 cm³/mol. The number of benzene rings is 2. The van der Waals surface area contributed by atoms with E-state index in [9.17, 15) is 14.4 Å². The fraction of sp³-hybridized carbons (Fsp3) is 0.250. The van der Waals surface area contributed by atoms with Crippen LogP contribution in [0, 0.1) is 13.8 Å². The molecule has 2 rings (SSSR count). The molecule has 0 saturated carbocycles. The zero-order valence-electron chi connectivity index (χ0n) is 15.5. The van der Waals surface area contributed by atoms with Gasteiger partial charge in [-0.1, -0.05) is 39.7 Å². The summed E-state index contributed by atoms with van der Waals surface area (Å²) in [6, 6.07) is 10.5. The maximum Gasteiger partial charge on any atom is 0.306 e. The number of nitrogens with one attached hydrogen (secondary N) is 2. The van der Waals surface area contributed by atoms with Gasteiger partial charge >= 0.3 is 5.97 Å². The molecule has 8 heteroatoms. The molecule has 0 radical (unpaired) electrons. The highest BCUT2D eigenvalue weighted by Crippen LogP contribution is 2.24. The number of carbonyl (C=O) groups is 3. The summed E-state index contributed by atoms with van der Waals surface area (Å²) >= 11 is 9.39. The van der Waals surface area contributed by atoms with Crippen molar-refractivity contribution in [3.05, 3.63) is 57.0 Å². The molecule has 2 aromatic rings. The SMILES string of the molecule is Cc1cc(NC(=O)COC(=O)CCC(=O)Nc2ccccc2Cl)c(C)cc1Br. The summed E-state index contributed by atoms with van der Waals surface area (Å²) in [4.78, 5) is 35.6. The van der Waals surface area contributed by atoms with E-state index in [4.69, 9.17) is 16.3 Å². The molecule has 0 aliphatic carbocycles. The van der Waals surface area contributed by atoms with Gasteiger partial charge in [0.25, 0.3) is 5.91 Å². The minimum Gasteiger partial charge on any atom is -0.456 e. The van der Waals surface area contributed by atoms with E-state index < -0.39 is 18.5 Å². The van der Waals surface area contributed by atoms with E-state index >= 15 is 0 Å². The van der Waals surface area contributed by atoms with E-state index in [2.05, 4.69) is 26.6 Å². The summed E-state index contributed by atoms with van der Waals surface area (Å²) in [6.45, 7) is 3.36. The maximum absolute atomic E-state index is 12.0. The molecule has 0 spiro atoms. The largest absolute Gasteiger partial charge is 0.456 e. The van der Waals surface area contributed by atoms with Gasteiger partial charge in [0.1, 0.15) is 0 Å². The number of hydrogen-bond donors (Lipinski definition) is 2. The van der Waals surface area contributed by atoms with Gasteiger partial charge in [0.15, 0.2) is 6.61 Å². The molecule has 0 aliphatic heterocycles. The first-order chi connectivity index (χ1) is 13.3. The fourth-order valence-corrected chi connectivity index (χ4v) is 2.95. The van der Waals surface area contributed by atoms with Crippen molar-refractivity contribution in [1.82, 2.24) is 0 Å². The molecule has 0 saturated heterocycles. The smallest absolute Gasteiger partial charge is 0.306 e. The molecular formula is C20H20BrClN2O4. The van der Waals surface area contributed by atoms with Crippen molar-refractivity contribution in [3.8, 4) is 0 Å². The predicted octanol–water partition coefficient (Wildman–Crippen LogP) is 4.62. The molecule has 0 aromatic heterocycles. The second-order valence-corrected chi connectivity index (χ2v) is 7.41. The molecule has 0 fully saturated rings. The van der Waals surface area contributed by atoms with Gasteiger partial charge in [-0.3, -0.25) is 14.4 Å². The van der Waals surface area contributed by atoms with Crippen LogP contribution in [0.25, 0.3) is 0 Å². The van der Waals surface area contributed by atoms with Gasteiger partial charge in [0.2, 0.25) is 5.91 Å². The highest BCUT2D eigenvalue weighted by Gasteiger charge is 2.13. The first-order valence-corrected chi connectivity index (χ1v) is 9.70. The van der Waals surface area contributed by atoms with E-state index in [-0.39, 0.29) is 18.7 Å². The van der Waals surface area contributed by atoms with E-state index in [0.29, 0.717) is 16.4 Å². The van der Waals surface area contributed by atoms with E-state index in [1.165, 1.54) is 0 Å². The molecule has 0 unspecified atom stereocenters. The number of aryl methyl sites for hydroxylation is 2. The van der Waals surface area contributed by atoms with Crippen LogP contribution in [0.2, 0.25) is 5.02 Å². The molecule has 6 nitrogen and oxygen atoms in total. The third-order valence-corrected chi connectivity index (χ3v) is 5.03. The number of carbonyl (C=O) groups excluding carboxylic acids is 3. The van der Waals surface area contributed by atoms with Crippen LogP contribution in [0.5, 0.6) is 0 Å². The van der Waals surface area contributed by atoms with Gasteiger partial charge in [-0.15, -0.1) is 0 Å². The Morgan fingerprint density at radius 3 is 2.36 bits per heavy atom. The van der Waals surface area contributed by atoms with Crippen LogP contribution in [0.3, 0.4) is 0 Å². The van der Waals surface area contributed by atoms with Crippen LogP contribution in [-0.4, -0.2) is 24.4 Å². The van der Waals surface area contributed by atoms with Crippen LogP contribution in [-0.2, 0) is 19.1 Å². The van der Waals surface area contributed by atoms with Gasteiger partial charge in [-0.05, 0) is 49.2 Å². The lowest BCUT2D eigenvalue weighted by molar-refractivity contribution is -0.147. The second kappa shape index (κ2) is 10.2. The molecule has 28 heavy (non-hydrogen) atoms. The summed E-state index contributed by atoms with van der Waals surface area (Å²) in [5, 5.41) is 5.73. The lowest BCUT2D eigenvalue weighted by Gasteiger charge is -2.11. The van der Waals surface area contributed by atoms with Crippen molar-refractivity contribution >= 4 is 56.7 Å². The summed E-state index contributed by atoms with van der Waals surface area (Å²) in [5.74, 6) is -1.44. The van der Waals surface area contributed by atoms with Gasteiger partial charge in [-0.2, -0.15) is 0 Å². The Bertz CT molecular complexity index is 902. The van der Waals surface area contributed by atoms with Crippen LogP contribution in [0.15, 0.2) is 40.9 Å². The normalized spacial score (nSPS) is 10.3. The zero-order valence-corrected chi connectivity index (χ0v) is 17.8. The Kier molecular flexibility index (Phi) is 8.02. The van der Waals surface area contributed by atoms with Crippen molar-refractivity contribution in [1.29, 1.82) is 0 Å². The molecule has 2 N–H and O–H groups in total. The quantitative estimate of drug-likeness (QED) is 0.582. The first-order valence-electron chi connectivity index (χ1n) is 8.53. The number of esters is 1. The van der Waals surface area contributed by atoms with Crippen molar-refractivity contribution in [2.45, 2.75) is 26.7 Å². The lowest BCUT2D eigenvalue weighted by Crippen LogP contribution is -2.22. The highest BCUT2D eigenvalue weighted by molar-refractivity contribution is 9.10. The number of halogens is 2. The second-order valence-electron chi connectivity index (χ2n) is 6.15. The number of amides is 2. The van der Waals surface area contributed by atoms with Crippen LogP contribution < -0.4 is 10.6 Å². The Morgan fingerprint density at radius 1 is 0.964 bits per heavy atom. The summed E-state index contributed by atoms with van der Waals surface area (Å²) in [6.07, 6.45) is -0.212. The number of ether oxygens (including phenoxy) is 1. The maximum atomic E-state index is 12.0. The van der Waals surface area contributed by atoms with E-state index in [1.807, 2.05) is 26.0 Å². The number of anilines is 2. The molecule has 0 heterocycles. The van der Waals surface area contributed by atoms with Crippen LogP contribution in [0.4, 0.5) is 11.4 Å². The molecule has 0 bridgehead atoms. The number of rotatable bonds is 7. The lowest BCUT2D eigenvalue weighted by atomic mass is 10.1. The summed E-state index contributed by atoms with van der Waals surface area (Å²) in [7, 11) is 0. The number of hydrogen-bond acceptors (Lipinski definition) is 4. The highest BCUT2D eigenvalue weighted by atomic mass is 79.9. The topological polar surface area (TPSA) is 84.5 Å². The Morgan fingerprint density at radius 2 is 1.64 bits per heavy atom. The third kappa shape index (κ3) is 6.65. The number of para-hydroxylation sites is 1. The molecular weight excluding hydrogens is 448 g/mol. The van der Waals surface area contributed by atoms with Crippen molar-refractivity contribution in [2.75, 3.05) is 17.2 Å². The summed E-state index contributed by atoms with van der Waals surface area (Å²) in [5.41, 5.74) is 2.98. The molecule has 0 aliphatic rings. The average molecular weight is 468 g/mol. The van der Waals surface area contributed by atoms with Crippen LogP contribution >= 0.6 is 27.5 Å². The monoisotopic (exact) mass is 466 g/mol. The zero-order chi connectivity index (χ0) is 20.7. The Hall–Kier alpha value is -2.38. The standard InChI is InChI=1S/C20H20BrClN2O4/c1-12-10-17(13(2)9-14(12)21)24-19(26)11-28-20(27)8-7-18(25)23-16-6-4-3-5-15(16)22/h3-6,9-10H,7-8,11H2,1-2H3,(H,23,25)(H,24,26). The van der Waals surface area contributed by atoms with Crippen molar-refractivity contribution < 1.29 is 19.1 Å². The Balaban J connectivity index is 1.75. The van der Waals surface area contributed by atoms with Gasteiger partial charge in [0, 0.05) is 16.6 Å². The molecule has 2 amide bonds. The van der Waals surface area contributed by atoms with Gasteiger partial charge in [-0.25, -0.2) is 0 Å². The fourth-order valence-electron chi connectivity index (χ4n) is 2.31. The first kappa shape index (κ1) is 21.9.